The summed E-state index contributed by atoms with van der Waals surface area (Å²) < 4.78 is 22.1. The van der Waals surface area contributed by atoms with Gasteiger partial charge < -0.3 is 14.2 Å². The highest BCUT2D eigenvalue weighted by atomic mass is 19.1. The molecule has 0 bridgehead atoms. The van der Waals surface area contributed by atoms with Gasteiger partial charge in [-0.05, 0) is 18.2 Å². The molecular formula is C18H19FN4O. The number of nitrogens with zero attached hydrogens (tertiary/aromatic N) is 4. The van der Waals surface area contributed by atoms with Crippen molar-refractivity contribution in [2.24, 2.45) is 7.05 Å². The lowest BCUT2D eigenvalue weighted by Crippen LogP contribution is -2.39. The number of halogens is 1. The summed E-state index contributed by atoms with van der Waals surface area (Å²) in [5.74, 6) is 0.930. The molecular weight excluding hydrogens is 307 g/mol. The van der Waals surface area contributed by atoms with E-state index in [0.29, 0.717) is 5.82 Å². The van der Waals surface area contributed by atoms with Crippen molar-refractivity contribution in [2.75, 3.05) is 18.0 Å². The van der Waals surface area contributed by atoms with E-state index in [2.05, 4.69) is 26.7 Å². The number of hydrogen-bond acceptors (Lipinski definition) is 4. The number of aryl methyl sites for hydroxylation is 1. The van der Waals surface area contributed by atoms with Crippen LogP contribution in [0.5, 0.6) is 5.75 Å². The Bertz CT molecular complexity index is 855. The Labute approximate surface area is 139 Å². The quantitative estimate of drug-likeness (QED) is 0.741. The Morgan fingerprint density at radius 1 is 1.21 bits per heavy atom. The van der Waals surface area contributed by atoms with E-state index < -0.39 is 0 Å². The van der Waals surface area contributed by atoms with Gasteiger partial charge in [0.15, 0.2) is 11.6 Å². The van der Waals surface area contributed by atoms with Gasteiger partial charge in [0, 0.05) is 44.6 Å². The minimum absolute atomic E-state index is 0.136. The smallest absolute Gasteiger partial charge is 0.183 e. The van der Waals surface area contributed by atoms with E-state index in [9.17, 15) is 4.39 Å². The molecule has 124 valence electrons. The van der Waals surface area contributed by atoms with E-state index in [1.807, 2.05) is 30.3 Å². The highest BCUT2D eigenvalue weighted by Crippen LogP contribution is 2.29. The predicted octanol–water partition coefficient (Wildman–Crippen LogP) is 3.16. The van der Waals surface area contributed by atoms with Gasteiger partial charge in [-0.3, -0.25) is 0 Å². The number of rotatable bonds is 3. The Morgan fingerprint density at radius 2 is 2.04 bits per heavy atom. The summed E-state index contributed by atoms with van der Waals surface area (Å²) in [6, 6.07) is 8.20. The topological polar surface area (TPSA) is 43.2 Å². The Kier molecular flexibility index (Phi) is 3.80. The molecule has 6 heteroatoms. The fourth-order valence-electron chi connectivity index (χ4n) is 3.28. The normalized spacial score (nSPS) is 15.8. The van der Waals surface area contributed by atoms with Crippen molar-refractivity contribution in [1.29, 1.82) is 0 Å². The van der Waals surface area contributed by atoms with Crippen molar-refractivity contribution in [2.45, 2.75) is 18.9 Å². The van der Waals surface area contributed by atoms with Gasteiger partial charge in [0.05, 0.1) is 11.7 Å². The summed E-state index contributed by atoms with van der Waals surface area (Å²) in [5, 5.41) is 1.13. The zero-order valence-corrected chi connectivity index (χ0v) is 13.5. The first-order valence-electron chi connectivity index (χ1n) is 8.13. The van der Waals surface area contributed by atoms with Crippen molar-refractivity contribution in [3.63, 3.8) is 0 Å². The molecule has 1 aromatic carbocycles. The maximum Gasteiger partial charge on any atom is 0.183 e. The number of anilines is 1. The molecule has 0 N–H and O–H groups in total. The molecule has 0 unspecified atom stereocenters. The Morgan fingerprint density at radius 3 is 2.83 bits per heavy atom. The molecule has 1 fully saturated rings. The Hall–Kier alpha value is -2.63. The largest absolute Gasteiger partial charge is 0.490 e. The van der Waals surface area contributed by atoms with Crippen LogP contribution in [-0.4, -0.2) is 33.7 Å². The third kappa shape index (κ3) is 2.68. The van der Waals surface area contributed by atoms with Crippen LogP contribution in [-0.2, 0) is 7.05 Å². The number of ether oxygens (including phenoxy) is 1. The zero-order chi connectivity index (χ0) is 16.5. The highest BCUT2D eigenvalue weighted by Gasteiger charge is 2.23. The Balaban J connectivity index is 1.45. The second-order valence-electron chi connectivity index (χ2n) is 6.11. The molecule has 3 heterocycles. The standard InChI is InChI=1S/C18H19FN4O/c1-22-8-7-14-16(22)3-2-4-17(14)24-13-5-9-23(10-6-13)18-15(19)11-20-12-21-18/h2-4,7-8,11-13H,5-6,9-10H2,1H3. The number of aromatic nitrogens is 3. The van der Waals surface area contributed by atoms with Crippen LogP contribution in [0.3, 0.4) is 0 Å². The highest BCUT2D eigenvalue weighted by molar-refractivity contribution is 5.86. The summed E-state index contributed by atoms with van der Waals surface area (Å²) in [4.78, 5) is 9.71. The zero-order valence-electron chi connectivity index (χ0n) is 13.5. The van der Waals surface area contributed by atoms with Crippen LogP contribution < -0.4 is 9.64 Å². The van der Waals surface area contributed by atoms with Crippen molar-refractivity contribution in [3.8, 4) is 5.75 Å². The molecule has 4 rings (SSSR count). The first-order chi connectivity index (χ1) is 11.7. The monoisotopic (exact) mass is 326 g/mol. The van der Waals surface area contributed by atoms with Gasteiger partial charge in [-0.25, -0.2) is 14.4 Å². The molecule has 0 atom stereocenters. The predicted molar refractivity (Wildman–Crippen MR) is 90.8 cm³/mol. The van der Waals surface area contributed by atoms with Gasteiger partial charge in [-0.15, -0.1) is 0 Å². The van der Waals surface area contributed by atoms with Crippen molar-refractivity contribution < 1.29 is 9.13 Å². The van der Waals surface area contributed by atoms with Crippen molar-refractivity contribution in [3.05, 3.63) is 48.8 Å². The second-order valence-corrected chi connectivity index (χ2v) is 6.11. The summed E-state index contributed by atoms with van der Waals surface area (Å²) in [7, 11) is 2.03. The molecule has 0 radical (unpaired) electrons. The van der Waals surface area contributed by atoms with E-state index in [1.54, 1.807) is 0 Å². The van der Waals surface area contributed by atoms with Gasteiger partial charge in [-0.1, -0.05) is 6.07 Å². The number of hydrogen-bond donors (Lipinski definition) is 0. The molecule has 1 saturated heterocycles. The minimum Gasteiger partial charge on any atom is -0.490 e. The van der Waals surface area contributed by atoms with Gasteiger partial charge in [0.25, 0.3) is 0 Å². The molecule has 0 amide bonds. The van der Waals surface area contributed by atoms with Crippen LogP contribution in [0, 0.1) is 5.82 Å². The summed E-state index contributed by atoms with van der Waals surface area (Å²) >= 11 is 0. The lowest BCUT2D eigenvalue weighted by Gasteiger charge is -2.33. The number of piperidine rings is 1. The van der Waals surface area contributed by atoms with E-state index in [4.69, 9.17) is 4.74 Å². The van der Waals surface area contributed by atoms with Crippen LogP contribution in [0.15, 0.2) is 43.0 Å². The van der Waals surface area contributed by atoms with E-state index >= 15 is 0 Å². The first-order valence-corrected chi connectivity index (χ1v) is 8.13. The van der Waals surface area contributed by atoms with E-state index in [1.165, 1.54) is 12.5 Å². The maximum atomic E-state index is 13.8. The molecule has 3 aromatic rings. The van der Waals surface area contributed by atoms with Crippen LogP contribution in [0.1, 0.15) is 12.8 Å². The van der Waals surface area contributed by atoms with Gasteiger partial charge in [0.2, 0.25) is 0 Å². The van der Waals surface area contributed by atoms with Crippen molar-refractivity contribution >= 4 is 16.7 Å². The van der Waals surface area contributed by atoms with Crippen molar-refractivity contribution in [1.82, 2.24) is 14.5 Å². The third-order valence-electron chi connectivity index (χ3n) is 4.57. The molecule has 0 saturated carbocycles. The fourth-order valence-corrected chi connectivity index (χ4v) is 3.28. The molecule has 24 heavy (non-hydrogen) atoms. The summed E-state index contributed by atoms with van der Waals surface area (Å²) in [5.41, 5.74) is 1.16. The lowest BCUT2D eigenvalue weighted by atomic mass is 10.1. The SMILES string of the molecule is Cn1ccc2c(OC3CCN(c4ncncc4F)CC3)cccc21. The molecule has 0 spiro atoms. The molecule has 1 aliphatic heterocycles. The van der Waals surface area contributed by atoms with Crippen LogP contribution >= 0.6 is 0 Å². The summed E-state index contributed by atoms with van der Waals surface area (Å²) in [6.45, 7) is 1.45. The molecule has 0 aliphatic carbocycles. The number of fused-ring (bicyclic) bond motifs is 1. The van der Waals surface area contributed by atoms with Crippen LogP contribution in [0.2, 0.25) is 0 Å². The van der Waals surface area contributed by atoms with Crippen LogP contribution in [0.25, 0.3) is 10.9 Å². The minimum atomic E-state index is -0.370. The van der Waals surface area contributed by atoms with E-state index in [0.717, 1.165) is 42.6 Å². The molecule has 2 aromatic heterocycles. The van der Waals surface area contributed by atoms with E-state index in [-0.39, 0.29) is 11.9 Å². The second kappa shape index (κ2) is 6.11. The van der Waals surface area contributed by atoms with Gasteiger partial charge in [0.1, 0.15) is 18.2 Å². The average molecular weight is 326 g/mol. The fraction of sp³-hybridized carbons (Fsp3) is 0.333. The number of benzene rings is 1. The maximum absolute atomic E-state index is 13.8. The van der Waals surface area contributed by atoms with Gasteiger partial charge >= 0.3 is 0 Å². The molecule has 5 nitrogen and oxygen atoms in total. The average Bonchev–Trinajstić information content (AvgIpc) is 2.99. The third-order valence-corrected chi connectivity index (χ3v) is 4.57. The van der Waals surface area contributed by atoms with Crippen LogP contribution in [0.4, 0.5) is 10.2 Å². The first kappa shape index (κ1) is 14.9. The van der Waals surface area contributed by atoms with Gasteiger partial charge in [-0.2, -0.15) is 0 Å². The molecule has 1 aliphatic rings. The lowest BCUT2D eigenvalue weighted by molar-refractivity contribution is 0.172. The summed E-state index contributed by atoms with van der Waals surface area (Å²) in [6.07, 6.45) is 6.45.